The first-order valence-corrected chi connectivity index (χ1v) is 10.6. The highest BCUT2D eigenvalue weighted by Crippen LogP contribution is 2.29. The number of methoxy groups -OCH3 is 1. The Balaban J connectivity index is 0.00000272. The second-order valence-electron chi connectivity index (χ2n) is 6.79. The maximum absolute atomic E-state index is 5.15. The Morgan fingerprint density at radius 2 is 1.94 bits per heavy atom. The number of pyridine rings is 1. The van der Waals surface area contributed by atoms with Gasteiger partial charge in [-0.2, -0.15) is 0 Å². The van der Waals surface area contributed by atoms with Gasteiger partial charge in [0.2, 0.25) is 17.3 Å². The quantitative estimate of drug-likeness (QED) is 0.269. The van der Waals surface area contributed by atoms with E-state index in [1.165, 1.54) is 17.0 Å². The topological polar surface area (TPSA) is 71.8 Å². The summed E-state index contributed by atoms with van der Waals surface area (Å²) in [7, 11) is 3.63. The minimum atomic E-state index is 0. The van der Waals surface area contributed by atoms with Gasteiger partial charge >= 0.3 is 0 Å². The second kappa shape index (κ2) is 10.5. The third-order valence-corrected chi connectivity index (χ3v) is 5.58. The molecule has 8 nitrogen and oxygen atoms in total. The summed E-state index contributed by atoms with van der Waals surface area (Å²) in [5.41, 5.74) is 2.75. The van der Waals surface area contributed by atoms with Crippen LogP contribution in [0.5, 0.6) is 5.88 Å². The van der Waals surface area contributed by atoms with Crippen LogP contribution in [-0.4, -0.2) is 34.7 Å². The number of benzene rings is 1. The molecule has 0 saturated carbocycles. The Kier molecular flexibility index (Phi) is 7.69. The minimum Gasteiger partial charge on any atom is -1.00 e. The molecule has 4 aromatic rings. The number of anilines is 1. The lowest BCUT2D eigenvalue weighted by Crippen LogP contribution is -3.00. The summed E-state index contributed by atoms with van der Waals surface area (Å²) < 4.78 is 9.39. The summed E-state index contributed by atoms with van der Waals surface area (Å²) in [5, 5.41) is 9.17. The van der Waals surface area contributed by atoms with Crippen molar-refractivity contribution in [1.82, 2.24) is 14.5 Å². The van der Waals surface area contributed by atoms with Crippen LogP contribution in [0, 0.1) is 0 Å². The summed E-state index contributed by atoms with van der Waals surface area (Å²) in [6, 6.07) is 11.8. The van der Waals surface area contributed by atoms with Crippen LogP contribution in [0.1, 0.15) is 6.92 Å². The van der Waals surface area contributed by atoms with E-state index in [2.05, 4.69) is 61.2 Å². The van der Waals surface area contributed by atoms with Crippen molar-refractivity contribution in [2.75, 3.05) is 25.1 Å². The summed E-state index contributed by atoms with van der Waals surface area (Å²) >= 11 is 1.39. The van der Waals surface area contributed by atoms with Crippen LogP contribution in [0.15, 0.2) is 65.3 Å². The van der Waals surface area contributed by atoms with Gasteiger partial charge in [0.15, 0.2) is 0 Å². The zero-order chi connectivity index (χ0) is 20.9. The van der Waals surface area contributed by atoms with Crippen molar-refractivity contribution in [2.45, 2.75) is 13.5 Å². The maximum Gasteiger partial charge on any atom is 0.243 e. The molecule has 0 bridgehead atoms. The predicted molar refractivity (Wildman–Crippen MR) is 118 cm³/mol. The zero-order valence-corrected chi connectivity index (χ0v) is 20.0. The Morgan fingerprint density at radius 1 is 1.13 bits per heavy atom. The van der Waals surface area contributed by atoms with Gasteiger partial charge in [0, 0.05) is 18.3 Å². The largest absolute Gasteiger partial charge is 1.00 e. The summed E-state index contributed by atoms with van der Waals surface area (Å²) in [5.74, 6) is 0.566. The van der Waals surface area contributed by atoms with E-state index in [4.69, 9.17) is 4.74 Å². The number of fused-ring (bicyclic) bond motifs is 1. The van der Waals surface area contributed by atoms with Gasteiger partial charge in [-0.3, -0.25) is 0 Å². The molecule has 4 rings (SSSR count). The summed E-state index contributed by atoms with van der Waals surface area (Å²) in [4.78, 5) is 11.9. The number of ether oxygens (including phenoxy) is 1. The number of azo groups is 1. The van der Waals surface area contributed by atoms with E-state index >= 15 is 0 Å². The van der Waals surface area contributed by atoms with Crippen LogP contribution in [0.2, 0.25) is 0 Å². The third kappa shape index (κ3) is 5.65. The number of rotatable bonds is 8. The number of hydrogen-bond acceptors (Lipinski definition) is 7. The number of halogens is 1. The SMILES string of the molecule is CCN(CCn1cc[n+](C)c1)c1ccc(/N=N/c2nc3ccc(OC)nc3s2)cc1.[Br-]. The molecule has 0 atom stereocenters. The zero-order valence-electron chi connectivity index (χ0n) is 17.6. The van der Waals surface area contributed by atoms with Crippen LogP contribution in [-0.2, 0) is 13.6 Å². The molecule has 0 aliphatic heterocycles. The van der Waals surface area contributed by atoms with Crippen LogP contribution in [0.25, 0.3) is 10.3 Å². The molecule has 0 aliphatic carbocycles. The molecule has 31 heavy (non-hydrogen) atoms. The number of nitrogens with zero attached hydrogens (tertiary/aromatic N) is 7. The van der Waals surface area contributed by atoms with E-state index < -0.39 is 0 Å². The summed E-state index contributed by atoms with van der Waals surface area (Å²) in [6.07, 6.45) is 6.23. The number of aryl methyl sites for hydroxylation is 1. The Labute approximate surface area is 195 Å². The van der Waals surface area contributed by atoms with E-state index in [0.717, 1.165) is 35.7 Å². The van der Waals surface area contributed by atoms with Crippen molar-refractivity contribution in [3.8, 4) is 5.88 Å². The fourth-order valence-electron chi connectivity index (χ4n) is 3.12. The molecule has 1 aromatic carbocycles. The van der Waals surface area contributed by atoms with Gasteiger partial charge in [-0.15, -0.1) is 10.2 Å². The lowest BCUT2D eigenvalue weighted by Gasteiger charge is -2.22. The molecule has 0 unspecified atom stereocenters. The summed E-state index contributed by atoms with van der Waals surface area (Å²) in [6.45, 7) is 4.98. The van der Waals surface area contributed by atoms with Gasteiger partial charge in [0.1, 0.15) is 29.3 Å². The Hall–Kier alpha value is -2.85. The van der Waals surface area contributed by atoms with E-state index in [-0.39, 0.29) is 17.0 Å². The molecule has 0 aliphatic rings. The fourth-order valence-corrected chi connectivity index (χ4v) is 3.87. The molecular formula is C21H24BrN7OS. The molecule has 0 N–H and O–H groups in total. The lowest BCUT2D eigenvalue weighted by molar-refractivity contribution is -0.671. The highest BCUT2D eigenvalue weighted by atomic mass is 79.9. The number of aromatic nitrogens is 4. The van der Waals surface area contributed by atoms with Crippen molar-refractivity contribution in [1.29, 1.82) is 0 Å². The van der Waals surface area contributed by atoms with Gasteiger partial charge in [0.25, 0.3) is 0 Å². The van der Waals surface area contributed by atoms with E-state index in [0.29, 0.717) is 11.0 Å². The average molecular weight is 502 g/mol. The maximum atomic E-state index is 5.15. The molecule has 0 saturated heterocycles. The molecule has 3 aromatic heterocycles. The number of hydrogen-bond donors (Lipinski definition) is 0. The van der Waals surface area contributed by atoms with Crippen molar-refractivity contribution in [3.63, 3.8) is 0 Å². The molecule has 3 heterocycles. The van der Waals surface area contributed by atoms with E-state index in [1.54, 1.807) is 13.2 Å². The van der Waals surface area contributed by atoms with Gasteiger partial charge < -0.3 is 26.6 Å². The highest BCUT2D eigenvalue weighted by molar-refractivity contribution is 7.21. The first-order valence-electron chi connectivity index (χ1n) is 9.74. The molecule has 0 amide bonds. The van der Waals surface area contributed by atoms with Crippen LogP contribution in [0.3, 0.4) is 0 Å². The molecule has 10 heteroatoms. The molecule has 0 fully saturated rings. The monoisotopic (exact) mass is 501 g/mol. The van der Waals surface area contributed by atoms with Gasteiger partial charge in [-0.05, 0) is 37.3 Å². The van der Waals surface area contributed by atoms with Crippen molar-refractivity contribution in [2.24, 2.45) is 17.3 Å². The highest BCUT2D eigenvalue weighted by Gasteiger charge is 2.08. The Morgan fingerprint density at radius 3 is 2.61 bits per heavy atom. The smallest absolute Gasteiger partial charge is 0.243 e. The van der Waals surface area contributed by atoms with Gasteiger partial charge in [0.05, 0.1) is 26.4 Å². The Bertz CT molecular complexity index is 1160. The first-order chi connectivity index (χ1) is 14.6. The van der Waals surface area contributed by atoms with Gasteiger partial charge in [-0.1, -0.05) is 11.3 Å². The number of imidazole rings is 1. The molecular weight excluding hydrogens is 478 g/mol. The fraction of sp³-hybridized carbons (Fsp3) is 0.286. The third-order valence-electron chi connectivity index (χ3n) is 4.73. The lowest BCUT2D eigenvalue weighted by atomic mass is 10.2. The van der Waals surface area contributed by atoms with Crippen LogP contribution in [0.4, 0.5) is 16.5 Å². The molecule has 0 spiro atoms. The molecule has 0 radical (unpaired) electrons. The normalized spacial score (nSPS) is 11.1. The van der Waals surface area contributed by atoms with E-state index in [1.807, 2.05) is 36.0 Å². The van der Waals surface area contributed by atoms with Crippen molar-refractivity contribution >= 4 is 38.2 Å². The second-order valence-corrected chi connectivity index (χ2v) is 7.74. The van der Waals surface area contributed by atoms with Crippen LogP contribution < -0.4 is 31.2 Å². The van der Waals surface area contributed by atoms with Gasteiger partial charge in [-0.25, -0.2) is 19.1 Å². The van der Waals surface area contributed by atoms with Crippen molar-refractivity contribution in [3.05, 3.63) is 55.1 Å². The first kappa shape index (κ1) is 22.8. The number of likely N-dealkylation sites (N-methyl/N-ethyl adjacent to an activating group) is 1. The minimum absolute atomic E-state index is 0. The molecule has 162 valence electrons. The average Bonchev–Trinajstić information content (AvgIpc) is 3.38. The predicted octanol–water partition coefficient (Wildman–Crippen LogP) is 1.27. The number of thiazole rings is 1. The van der Waals surface area contributed by atoms with Crippen LogP contribution >= 0.6 is 11.3 Å². The standard InChI is InChI=1S/C21H24N7OS.BrH/c1-4-28(14-13-27-12-11-26(2)15-27)17-7-5-16(6-8-17)24-25-21-22-18-9-10-19(29-3)23-20(18)30-21;/h5-12,15H,4,13-14H2,1-3H3;1H/q+1;/p-1/b25-24+;. The van der Waals surface area contributed by atoms with Crippen molar-refractivity contribution < 1.29 is 26.3 Å². The van der Waals surface area contributed by atoms with E-state index in [9.17, 15) is 0 Å².